The molecule has 152 valence electrons. The monoisotopic (exact) mass is 430 g/mol. The highest BCUT2D eigenvalue weighted by molar-refractivity contribution is 5.86. The maximum atomic E-state index is 13.7. The van der Waals surface area contributed by atoms with Crippen LogP contribution in [0, 0.1) is 5.82 Å². The first kappa shape index (κ1) is 27.4. The Bertz CT molecular complexity index is 555. The van der Waals surface area contributed by atoms with E-state index in [1.54, 1.807) is 6.92 Å². The molecule has 0 spiro atoms. The Labute approximate surface area is 174 Å². The predicted octanol–water partition coefficient (Wildman–Crippen LogP) is 2.76. The molecule has 1 saturated heterocycles. The summed E-state index contributed by atoms with van der Waals surface area (Å²) < 4.78 is 13.7. The molecule has 2 atom stereocenters. The van der Waals surface area contributed by atoms with E-state index in [9.17, 15) is 9.18 Å². The zero-order valence-corrected chi connectivity index (χ0v) is 17.9. The molecule has 26 heavy (non-hydrogen) atoms. The van der Waals surface area contributed by atoms with Crippen molar-refractivity contribution in [3.05, 3.63) is 29.6 Å². The van der Waals surface area contributed by atoms with Gasteiger partial charge in [-0.1, -0.05) is 0 Å². The number of nitrogens with zero attached hydrogens (tertiary/aromatic N) is 2. The molecule has 0 aromatic heterocycles. The first-order valence-corrected chi connectivity index (χ1v) is 8.14. The van der Waals surface area contributed by atoms with Crippen LogP contribution in [0.1, 0.15) is 31.9 Å². The van der Waals surface area contributed by atoms with Crippen LogP contribution in [0.3, 0.4) is 0 Å². The lowest BCUT2D eigenvalue weighted by molar-refractivity contribution is -0.122. The Morgan fingerprint density at radius 3 is 2.31 bits per heavy atom. The third-order valence-electron chi connectivity index (χ3n) is 4.18. The number of nitrogens with two attached hydrogens (primary N) is 1. The third kappa shape index (κ3) is 7.84. The fourth-order valence-corrected chi connectivity index (χ4v) is 2.88. The minimum Gasteiger partial charge on any atom is -0.369 e. The highest BCUT2D eigenvalue weighted by Crippen LogP contribution is 2.28. The van der Waals surface area contributed by atoms with E-state index in [2.05, 4.69) is 22.2 Å². The second-order valence-corrected chi connectivity index (χ2v) is 6.46. The zero-order chi connectivity index (χ0) is 17.0. The number of hydrogen-bond donors (Lipinski definition) is 2. The second kappa shape index (κ2) is 12.6. The molecule has 1 aliphatic rings. The molecule has 2 rings (SSSR count). The minimum absolute atomic E-state index is 0. The van der Waals surface area contributed by atoms with Crippen molar-refractivity contribution in [3.63, 3.8) is 0 Å². The summed E-state index contributed by atoms with van der Waals surface area (Å²) in [5, 5.41) is 2.92. The van der Waals surface area contributed by atoms with E-state index in [1.165, 1.54) is 12.1 Å². The van der Waals surface area contributed by atoms with E-state index in [-0.39, 0.29) is 67.5 Å². The van der Waals surface area contributed by atoms with Gasteiger partial charge in [0.1, 0.15) is 5.82 Å². The quantitative estimate of drug-likeness (QED) is 0.752. The van der Waals surface area contributed by atoms with Crippen molar-refractivity contribution in [2.45, 2.75) is 32.4 Å². The van der Waals surface area contributed by atoms with Gasteiger partial charge in [-0.25, -0.2) is 4.39 Å². The van der Waals surface area contributed by atoms with Gasteiger partial charge in [-0.05, 0) is 39.1 Å². The molecule has 9 heteroatoms. The Kier molecular flexibility index (Phi) is 13.3. The minimum atomic E-state index is -0.286. The Morgan fingerprint density at radius 2 is 1.77 bits per heavy atom. The summed E-state index contributed by atoms with van der Waals surface area (Å²) in [6.07, 6.45) is 0.267. The second-order valence-electron chi connectivity index (χ2n) is 6.46. The molecule has 0 bridgehead atoms. The molecule has 0 radical (unpaired) electrons. The summed E-state index contributed by atoms with van der Waals surface area (Å²) >= 11 is 0. The summed E-state index contributed by atoms with van der Waals surface area (Å²) in [4.78, 5) is 16.5. The highest BCUT2D eigenvalue weighted by Gasteiger charge is 2.21. The molecule has 1 heterocycles. The number of amides is 1. The number of rotatable bonds is 5. The van der Waals surface area contributed by atoms with E-state index in [0.717, 1.165) is 37.4 Å². The van der Waals surface area contributed by atoms with E-state index in [1.807, 2.05) is 13.0 Å². The number of piperazine rings is 1. The Morgan fingerprint density at radius 1 is 1.19 bits per heavy atom. The standard InChI is InChI=1S/C17H27FN4O.3ClH/c1-12(19)10-17(23)20-13(2)15-11-14(18)4-5-16(15)22-8-6-21(3)7-9-22;;;/h4-5,11-13H,6-10,19H2,1-3H3,(H,20,23);3*1H. The molecule has 3 N–H and O–H groups in total. The van der Waals surface area contributed by atoms with Crippen molar-refractivity contribution in [2.75, 3.05) is 38.1 Å². The first-order valence-electron chi connectivity index (χ1n) is 8.14. The van der Waals surface area contributed by atoms with Gasteiger partial charge in [0.2, 0.25) is 5.91 Å². The molecule has 1 fully saturated rings. The summed E-state index contributed by atoms with van der Waals surface area (Å²) in [5.41, 5.74) is 7.46. The van der Waals surface area contributed by atoms with Gasteiger partial charge in [0.15, 0.2) is 0 Å². The van der Waals surface area contributed by atoms with Crippen molar-refractivity contribution in [1.29, 1.82) is 0 Å². The van der Waals surface area contributed by atoms with Crippen molar-refractivity contribution < 1.29 is 9.18 Å². The van der Waals surface area contributed by atoms with Crippen LogP contribution >= 0.6 is 37.2 Å². The summed E-state index contributed by atoms with van der Waals surface area (Å²) in [5.74, 6) is -0.396. The van der Waals surface area contributed by atoms with Gasteiger partial charge in [-0.2, -0.15) is 0 Å². The van der Waals surface area contributed by atoms with Crippen LogP contribution in [-0.2, 0) is 4.79 Å². The number of nitrogens with one attached hydrogen (secondary N) is 1. The number of carbonyl (C=O) groups excluding carboxylic acids is 1. The van der Waals surface area contributed by atoms with Gasteiger partial charge in [-0.3, -0.25) is 4.79 Å². The van der Waals surface area contributed by atoms with Gasteiger partial charge < -0.3 is 20.9 Å². The van der Waals surface area contributed by atoms with E-state index < -0.39 is 0 Å². The number of hydrogen-bond acceptors (Lipinski definition) is 4. The zero-order valence-electron chi connectivity index (χ0n) is 15.4. The van der Waals surface area contributed by atoms with Crippen molar-refractivity contribution in [3.8, 4) is 0 Å². The van der Waals surface area contributed by atoms with Crippen molar-refractivity contribution in [2.24, 2.45) is 5.73 Å². The molecular weight excluding hydrogens is 402 g/mol. The molecule has 1 aliphatic heterocycles. The smallest absolute Gasteiger partial charge is 0.222 e. The average Bonchev–Trinajstić information content (AvgIpc) is 2.47. The van der Waals surface area contributed by atoms with Crippen LogP contribution in [0.5, 0.6) is 0 Å². The topological polar surface area (TPSA) is 61.6 Å². The molecule has 5 nitrogen and oxygen atoms in total. The van der Waals surface area contributed by atoms with E-state index in [0.29, 0.717) is 0 Å². The van der Waals surface area contributed by atoms with Crippen LogP contribution in [-0.4, -0.2) is 50.1 Å². The van der Waals surface area contributed by atoms with Gasteiger partial charge in [0, 0.05) is 49.9 Å². The number of halogens is 4. The lowest BCUT2D eigenvalue weighted by Crippen LogP contribution is -2.45. The third-order valence-corrected chi connectivity index (χ3v) is 4.18. The SMILES string of the molecule is CC(N)CC(=O)NC(C)c1cc(F)ccc1N1CCN(C)CC1.Cl.Cl.Cl. The van der Waals surface area contributed by atoms with Crippen molar-refractivity contribution in [1.82, 2.24) is 10.2 Å². The molecular formula is C17H30Cl3FN4O. The number of likely N-dealkylation sites (N-methyl/N-ethyl adjacent to an activating group) is 1. The lowest BCUT2D eigenvalue weighted by atomic mass is 10.0. The van der Waals surface area contributed by atoms with Crippen LogP contribution in [0.15, 0.2) is 18.2 Å². The average molecular weight is 432 g/mol. The Hall–Kier alpha value is -0.790. The molecule has 1 aromatic rings. The Balaban J connectivity index is 0. The number of benzene rings is 1. The van der Waals surface area contributed by atoms with Gasteiger partial charge in [0.05, 0.1) is 6.04 Å². The summed E-state index contributed by atoms with van der Waals surface area (Å²) in [6.45, 7) is 7.42. The van der Waals surface area contributed by atoms with E-state index in [4.69, 9.17) is 5.73 Å². The van der Waals surface area contributed by atoms with Crippen LogP contribution < -0.4 is 16.0 Å². The fraction of sp³-hybridized carbons (Fsp3) is 0.588. The highest BCUT2D eigenvalue weighted by atomic mass is 35.5. The molecule has 2 unspecified atom stereocenters. The van der Waals surface area contributed by atoms with Crippen LogP contribution in [0.4, 0.5) is 10.1 Å². The van der Waals surface area contributed by atoms with Gasteiger partial charge >= 0.3 is 0 Å². The van der Waals surface area contributed by atoms with Crippen molar-refractivity contribution >= 4 is 48.8 Å². The lowest BCUT2D eigenvalue weighted by Gasteiger charge is -2.36. The molecule has 1 aromatic carbocycles. The van der Waals surface area contributed by atoms with Crippen LogP contribution in [0.2, 0.25) is 0 Å². The maximum absolute atomic E-state index is 13.7. The van der Waals surface area contributed by atoms with E-state index >= 15 is 0 Å². The summed E-state index contributed by atoms with van der Waals surface area (Å²) in [7, 11) is 2.10. The predicted molar refractivity (Wildman–Crippen MR) is 113 cm³/mol. The largest absolute Gasteiger partial charge is 0.369 e. The normalized spacial score (nSPS) is 16.4. The first-order chi connectivity index (χ1) is 10.9. The van der Waals surface area contributed by atoms with Gasteiger partial charge in [0.25, 0.3) is 0 Å². The van der Waals surface area contributed by atoms with Gasteiger partial charge in [-0.15, -0.1) is 37.2 Å². The summed E-state index contributed by atoms with van der Waals surface area (Å²) in [6, 6.07) is 4.36. The maximum Gasteiger partial charge on any atom is 0.222 e. The van der Waals surface area contributed by atoms with Crippen LogP contribution in [0.25, 0.3) is 0 Å². The fourth-order valence-electron chi connectivity index (χ4n) is 2.88. The molecule has 0 saturated carbocycles. The molecule has 0 aliphatic carbocycles. The molecule has 1 amide bonds. The number of anilines is 1. The number of carbonyl (C=O) groups is 1.